The lowest BCUT2D eigenvalue weighted by atomic mass is 10.0. The smallest absolute Gasteiger partial charge is 0.239 e. The molecule has 17 heavy (non-hydrogen) atoms. The van der Waals surface area contributed by atoms with Crippen molar-refractivity contribution in [3.63, 3.8) is 0 Å². The first kappa shape index (κ1) is 11.5. The molecule has 3 rings (SSSR count). The van der Waals surface area contributed by atoms with Gasteiger partial charge < -0.3 is 10.2 Å². The number of carbonyl (C=O) groups excluding carboxylic acids is 1. The van der Waals surface area contributed by atoms with Crippen molar-refractivity contribution < 1.29 is 4.79 Å². The Labute approximate surface area is 103 Å². The summed E-state index contributed by atoms with van der Waals surface area (Å²) in [4.78, 5) is 16.5. The average Bonchev–Trinajstić information content (AvgIpc) is 3.01. The van der Waals surface area contributed by atoms with Gasteiger partial charge in [-0.3, -0.25) is 9.69 Å². The molecule has 0 aromatic carbocycles. The van der Waals surface area contributed by atoms with Gasteiger partial charge in [-0.2, -0.15) is 0 Å². The topological polar surface area (TPSA) is 35.6 Å². The third-order valence-corrected chi connectivity index (χ3v) is 4.70. The third kappa shape index (κ3) is 1.97. The van der Waals surface area contributed by atoms with E-state index in [-0.39, 0.29) is 6.04 Å². The zero-order valence-corrected chi connectivity index (χ0v) is 10.7. The monoisotopic (exact) mass is 237 g/mol. The molecule has 0 saturated carbocycles. The third-order valence-electron chi connectivity index (χ3n) is 4.70. The van der Waals surface area contributed by atoms with Gasteiger partial charge in [0.25, 0.3) is 0 Å². The van der Waals surface area contributed by atoms with E-state index in [0.29, 0.717) is 18.0 Å². The van der Waals surface area contributed by atoms with Crippen molar-refractivity contribution in [2.75, 3.05) is 26.7 Å². The predicted octanol–water partition coefficient (Wildman–Crippen LogP) is 0.433. The number of nitrogens with zero attached hydrogens (tertiary/aromatic N) is 2. The van der Waals surface area contributed by atoms with E-state index in [1.165, 1.54) is 25.7 Å². The maximum atomic E-state index is 12.1. The highest BCUT2D eigenvalue weighted by atomic mass is 16.2. The van der Waals surface area contributed by atoms with E-state index >= 15 is 0 Å². The van der Waals surface area contributed by atoms with Crippen LogP contribution in [0.15, 0.2) is 0 Å². The second kappa shape index (κ2) is 4.58. The first-order valence-electron chi connectivity index (χ1n) is 7.01. The molecule has 3 heterocycles. The Morgan fingerprint density at radius 3 is 2.71 bits per heavy atom. The maximum absolute atomic E-state index is 12.1. The highest BCUT2D eigenvalue weighted by Gasteiger charge is 2.42. The molecule has 3 saturated heterocycles. The van der Waals surface area contributed by atoms with Crippen LogP contribution in [0.1, 0.15) is 32.1 Å². The lowest BCUT2D eigenvalue weighted by Crippen LogP contribution is -2.50. The van der Waals surface area contributed by atoms with E-state index in [9.17, 15) is 4.79 Å². The molecular formula is C13H23N3O. The zero-order chi connectivity index (χ0) is 11.8. The molecule has 96 valence electrons. The second-order valence-corrected chi connectivity index (χ2v) is 5.71. The van der Waals surface area contributed by atoms with Crippen LogP contribution < -0.4 is 5.32 Å². The number of amides is 1. The van der Waals surface area contributed by atoms with E-state index < -0.39 is 0 Å². The Hall–Kier alpha value is -0.610. The molecule has 4 nitrogen and oxygen atoms in total. The second-order valence-electron chi connectivity index (χ2n) is 5.71. The van der Waals surface area contributed by atoms with Gasteiger partial charge in [0.2, 0.25) is 5.91 Å². The predicted molar refractivity (Wildman–Crippen MR) is 66.8 cm³/mol. The molecule has 3 fully saturated rings. The summed E-state index contributed by atoms with van der Waals surface area (Å²) in [6, 6.07) is 1.42. The Balaban J connectivity index is 1.71. The molecule has 0 bridgehead atoms. The Morgan fingerprint density at radius 2 is 2.06 bits per heavy atom. The lowest BCUT2D eigenvalue weighted by Gasteiger charge is -2.33. The van der Waals surface area contributed by atoms with Crippen LogP contribution >= 0.6 is 0 Å². The summed E-state index contributed by atoms with van der Waals surface area (Å²) in [5.41, 5.74) is 0. The molecule has 1 amide bonds. The van der Waals surface area contributed by atoms with Crippen LogP contribution in [0, 0.1) is 0 Å². The maximum Gasteiger partial charge on any atom is 0.239 e. The van der Waals surface area contributed by atoms with E-state index in [0.717, 1.165) is 26.1 Å². The molecule has 3 aliphatic rings. The average molecular weight is 237 g/mol. The SMILES string of the molecule is CN1CCC(N2CCCC2C2CCCN2)C1=O. The van der Waals surface area contributed by atoms with Gasteiger partial charge in [-0.15, -0.1) is 0 Å². The Kier molecular flexibility index (Phi) is 3.09. The zero-order valence-electron chi connectivity index (χ0n) is 10.7. The van der Waals surface area contributed by atoms with Gasteiger partial charge in [-0.25, -0.2) is 0 Å². The first-order chi connectivity index (χ1) is 8.27. The highest BCUT2D eigenvalue weighted by Crippen LogP contribution is 2.30. The number of rotatable bonds is 2. The van der Waals surface area contributed by atoms with Crippen LogP contribution in [0.2, 0.25) is 0 Å². The van der Waals surface area contributed by atoms with Crippen LogP contribution in [-0.2, 0) is 4.79 Å². The fraction of sp³-hybridized carbons (Fsp3) is 0.923. The minimum atomic E-state index is 0.176. The number of carbonyl (C=O) groups is 1. The van der Waals surface area contributed by atoms with Crippen molar-refractivity contribution in [1.82, 2.24) is 15.1 Å². The van der Waals surface area contributed by atoms with Gasteiger partial charge in [-0.05, 0) is 45.2 Å². The molecule has 1 N–H and O–H groups in total. The number of hydrogen-bond donors (Lipinski definition) is 1. The lowest BCUT2D eigenvalue weighted by molar-refractivity contribution is -0.131. The van der Waals surface area contributed by atoms with Gasteiger partial charge in [0.05, 0.1) is 6.04 Å². The standard InChI is InChI=1S/C13H23N3O/c1-15-9-6-12(13(15)17)16-8-3-5-11(16)10-4-2-7-14-10/h10-12,14H,2-9H2,1H3. The van der Waals surface area contributed by atoms with Gasteiger partial charge >= 0.3 is 0 Å². The molecule has 0 aromatic rings. The van der Waals surface area contributed by atoms with Crippen LogP contribution in [0.3, 0.4) is 0 Å². The highest BCUT2D eigenvalue weighted by molar-refractivity contribution is 5.83. The Bertz CT molecular complexity index is 301. The quantitative estimate of drug-likeness (QED) is 0.757. The van der Waals surface area contributed by atoms with Crippen molar-refractivity contribution >= 4 is 5.91 Å². The van der Waals surface area contributed by atoms with E-state index in [4.69, 9.17) is 0 Å². The minimum Gasteiger partial charge on any atom is -0.344 e. The fourth-order valence-electron chi connectivity index (χ4n) is 3.79. The van der Waals surface area contributed by atoms with Crippen molar-refractivity contribution in [3.05, 3.63) is 0 Å². The molecular weight excluding hydrogens is 214 g/mol. The van der Waals surface area contributed by atoms with Crippen LogP contribution in [-0.4, -0.2) is 60.5 Å². The van der Waals surface area contributed by atoms with Crippen molar-refractivity contribution in [1.29, 1.82) is 0 Å². The minimum absolute atomic E-state index is 0.176. The summed E-state index contributed by atoms with van der Waals surface area (Å²) in [5, 5.41) is 3.61. The number of likely N-dealkylation sites (tertiary alicyclic amines) is 2. The van der Waals surface area contributed by atoms with Crippen LogP contribution in [0.4, 0.5) is 0 Å². The normalized spacial score (nSPS) is 39.5. The summed E-state index contributed by atoms with van der Waals surface area (Å²) >= 11 is 0. The fourth-order valence-corrected chi connectivity index (χ4v) is 3.79. The summed E-state index contributed by atoms with van der Waals surface area (Å²) < 4.78 is 0. The van der Waals surface area contributed by atoms with Gasteiger partial charge in [0.1, 0.15) is 0 Å². The molecule has 0 aliphatic carbocycles. The number of hydrogen-bond acceptors (Lipinski definition) is 3. The summed E-state index contributed by atoms with van der Waals surface area (Å²) in [6.45, 7) is 3.21. The summed E-state index contributed by atoms with van der Waals surface area (Å²) in [6.07, 6.45) is 6.14. The summed E-state index contributed by atoms with van der Waals surface area (Å²) in [5.74, 6) is 0.342. The Morgan fingerprint density at radius 1 is 1.18 bits per heavy atom. The molecule has 4 heteroatoms. The van der Waals surface area contributed by atoms with E-state index in [2.05, 4.69) is 10.2 Å². The summed E-state index contributed by atoms with van der Waals surface area (Å²) in [7, 11) is 1.93. The molecule has 3 unspecified atom stereocenters. The molecule has 0 aromatic heterocycles. The van der Waals surface area contributed by atoms with E-state index in [1.807, 2.05) is 11.9 Å². The van der Waals surface area contributed by atoms with Crippen LogP contribution in [0.25, 0.3) is 0 Å². The van der Waals surface area contributed by atoms with Crippen molar-refractivity contribution in [2.24, 2.45) is 0 Å². The van der Waals surface area contributed by atoms with Crippen molar-refractivity contribution in [2.45, 2.75) is 50.2 Å². The number of nitrogens with one attached hydrogen (secondary N) is 1. The molecule has 0 spiro atoms. The molecule has 0 radical (unpaired) electrons. The largest absolute Gasteiger partial charge is 0.344 e. The molecule has 3 atom stereocenters. The van der Waals surface area contributed by atoms with Crippen LogP contribution in [0.5, 0.6) is 0 Å². The van der Waals surface area contributed by atoms with Gasteiger partial charge in [0.15, 0.2) is 0 Å². The molecule has 3 aliphatic heterocycles. The van der Waals surface area contributed by atoms with Gasteiger partial charge in [-0.1, -0.05) is 0 Å². The van der Waals surface area contributed by atoms with E-state index in [1.54, 1.807) is 0 Å². The van der Waals surface area contributed by atoms with Crippen molar-refractivity contribution in [3.8, 4) is 0 Å². The number of likely N-dealkylation sites (N-methyl/N-ethyl adjacent to an activating group) is 1. The van der Waals surface area contributed by atoms with Gasteiger partial charge in [0, 0.05) is 25.7 Å². The first-order valence-corrected chi connectivity index (χ1v) is 7.01.